The van der Waals surface area contributed by atoms with E-state index in [9.17, 15) is 4.79 Å². The van der Waals surface area contributed by atoms with Crippen LogP contribution in [-0.2, 0) is 12.8 Å². The zero-order chi connectivity index (χ0) is 17.8. The second-order valence-electron chi connectivity index (χ2n) is 6.39. The molecule has 1 aromatic carbocycles. The van der Waals surface area contributed by atoms with E-state index in [2.05, 4.69) is 18.3 Å². The van der Waals surface area contributed by atoms with Gasteiger partial charge in [0.1, 0.15) is 0 Å². The van der Waals surface area contributed by atoms with E-state index < -0.39 is 0 Å². The minimum absolute atomic E-state index is 0.0568. The summed E-state index contributed by atoms with van der Waals surface area (Å²) in [7, 11) is 0. The molecule has 1 aliphatic rings. The highest BCUT2D eigenvalue weighted by atomic mass is 32.1. The molecule has 0 saturated carbocycles. The van der Waals surface area contributed by atoms with Gasteiger partial charge in [-0.2, -0.15) is 0 Å². The van der Waals surface area contributed by atoms with Crippen LogP contribution in [0.1, 0.15) is 47.3 Å². The lowest BCUT2D eigenvalue weighted by molar-refractivity contribution is 0.103. The summed E-state index contributed by atoms with van der Waals surface area (Å²) in [6, 6.07) is 7.57. The van der Waals surface area contributed by atoms with E-state index >= 15 is 0 Å². The number of carbonyl (C=O) groups excluding carboxylic acids is 1. The molecule has 25 heavy (non-hydrogen) atoms. The maximum Gasteiger partial charge on any atom is 0.265 e. The fourth-order valence-electron chi connectivity index (χ4n) is 3.14. The Bertz CT molecular complexity index is 753. The van der Waals surface area contributed by atoms with Crippen molar-refractivity contribution in [3.8, 4) is 11.5 Å². The molecule has 5 heteroatoms. The van der Waals surface area contributed by atoms with Gasteiger partial charge in [-0.3, -0.25) is 4.79 Å². The predicted molar refractivity (Wildman–Crippen MR) is 102 cm³/mol. The minimum Gasteiger partial charge on any atom is -0.490 e. The highest BCUT2D eigenvalue weighted by Gasteiger charge is 2.21. The van der Waals surface area contributed by atoms with Crippen LogP contribution in [0.3, 0.4) is 0 Å². The third-order valence-corrected chi connectivity index (χ3v) is 5.59. The SMILES string of the molecule is CCOc1ccc(NC(=O)c2cc3c(s2)CC[C@H](C)C3)cc1OCC. The summed E-state index contributed by atoms with van der Waals surface area (Å²) in [6.45, 7) is 7.26. The molecule has 1 heterocycles. The number of nitrogens with one attached hydrogen (secondary N) is 1. The van der Waals surface area contributed by atoms with Crippen molar-refractivity contribution in [2.24, 2.45) is 5.92 Å². The molecule has 0 saturated heterocycles. The van der Waals surface area contributed by atoms with Gasteiger partial charge in [-0.15, -0.1) is 11.3 Å². The summed E-state index contributed by atoms with van der Waals surface area (Å²) in [6.07, 6.45) is 3.38. The smallest absolute Gasteiger partial charge is 0.265 e. The minimum atomic E-state index is -0.0568. The van der Waals surface area contributed by atoms with E-state index in [0.29, 0.717) is 30.6 Å². The number of anilines is 1. The molecule has 1 atom stereocenters. The van der Waals surface area contributed by atoms with Crippen molar-refractivity contribution in [1.29, 1.82) is 0 Å². The van der Waals surface area contributed by atoms with Crippen LogP contribution in [0.5, 0.6) is 11.5 Å². The molecular weight excluding hydrogens is 334 g/mol. The summed E-state index contributed by atoms with van der Waals surface area (Å²) in [5.74, 6) is 2.00. The van der Waals surface area contributed by atoms with Crippen LogP contribution >= 0.6 is 11.3 Å². The van der Waals surface area contributed by atoms with E-state index in [0.717, 1.165) is 23.4 Å². The Kier molecular flexibility index (Phi) is 5.63. The third-order valence-electron chi connectivity index (χ3n) is 4.35. The molecular formula is C20H25NO3S. The number of benzene rings is 1. The fourth-order valence-corrected chi connectivity index (χ4v) is 4.24. The van der Waals surface area contributed by atoms with Gasteiger partial charge in [-0.05, 0) is 62.8 Å². The van der Waals surface area contributed by atoms with Gasteiger partial charge in [0, 0.05) is 16.6 Å². The average molecular weight is 359 g/mol. The third kappa shape index (κ3) is 4.15. The molecule has 4 nitrogen and oxygen atoms in total. The van der Waals surface area contributed by atoms with Crippen LogP contribution in [0.15, 0.2) is 24.3 Å². The van der Waals surface area contributed by atoms with Crippen molar-refractivity contribution in [3.05, 3.63) is 39.6 Å². The number of ether oxygens (including phenoxy) is 2. The zero-order valence-electron chi connectivity index (χ0n) is 15.1. The average Bonchev–Trinajstić information content (AvgIpc) is 3.01. The number of carbonyl (C=O) groups is 1. The van der Waals surface area contributed by atoms with Crippen LogP contribution < -0.4 is 14.8 Å². The van der Waals surface area contributed by atoms with Gasteiger partial charge in [-0.25, -0.2) is 0 Å². The van der Waals surface area contributed by atoms with Crippen molar-refractivity contribution in [2.45, 2.75) is 40.0 Å². The summed E-state index contributed by atoms with van der Waals surface area (Å²) in [5, 5.41) is 2.98. The lowest BCUT2D eigenvalue weighted by Gasteiger charge is -2.16. The number of hydrogen-bond acceptors (Lipinski definition) is 4. The number of fused-ring (bicyclic) bond motifs is 1. The van der Waals surface area contributed by atoms with Crippen molar-refractivity contribution < 1.29 is 14.3 Å². The van der Waals surface area contributed by atoms with Crippen LogP contribution in [0.2, 0.25) is 0 Å². The molecule has 2 aromatic rings. The van der Waals surface area contributed by atoms with E-state index in [4.69, 9.17) is 9.47 Å². The van der Waals surface area contributed by atoms with E-state index in [1.54, 1.807) is 11.3 Å². The summed E-state index contributed by atoms with van der Waals surface area (Å²) in [5.41, 5.74) is 2.06. The van der Waals surface area contributed by atoms with Gasteiger partial charge in [-0.1, -0.05) is 6.92 Å². The topological polar surface area (TPSA) is 47.6 Å². The Morgan fingerprint density at radius 1 is 1.20 bits per heavy atom. The number of thiophene rings is 1. The molecule has 0 spiro atoms. The van der Waals surface area contributed by atoms with Gasteiger partial charge >= 0.3 is 0 Å². The Morgan fingerprint density at radius 3 is 2.72 bits per heavy atom. The molecule has 0 unspecified atom stereocenters. The van der Waals surface area contributed by atoms with Crippen LogP contribution in [0, 0.1) is 5.92 Å². The molecule has 1 amide bonds. The highest BCUT2D eigenvalue weighted by molar-refractivity contribution is 7.14. The second-order valence-corrected chi connectivity index (χ2v) is 7.53. The van der Waals surface area contributed by atoms with Crippen molar-refractivity contribution in [3.63, 3.8) is 0 Å². The maximum absolute atomic E-state index is 12.6. The van der Waals surface area contributed by atoms with Gasteiger partial charge in [0.05, 0.1) is 18.1 Å². The molecule has 0 fully saturated rings. The lowest BCUT2D eigenvalue weighted by Crippen LogP contribution is -2.10. The number of rotatable bonds is 6. The Labute approximate surface area is 153 Å². The molecule has 134 valence electrons. The summed E-state index contributed by atoms with van der Waals surface area (Å²) < 4.78 is 11.2. The van der Waals surface area contributed by atoms with Gasteiger partial charge in [0.25, 0.3) is 5.91 Å². The maximum atomic E-state index is 12.6. The first-order valence-corrected chi connectivity index (χ1v) is 9.75. The first-order chi connectivity index (χ1) is 12.1. The number of hydrogen-bond donors (Lipinski definition) is 1. The molecule has 0 radical (unpaired) electrons. The molecule has 3 rings (SSSR count). The monoisotopic (exact) mass is 359 g/mol. The Hall–Kier alpha value is -2.01. The normalized spacial score (nSPS) is 16.2. The van der Waals surface area contributed by atoms with Crippen LogP contribution in [-0.4, -0.2) is 19.1 Å². The fraction of sp³-hybridized carbons (Fsp3) is 0.450. The predicted octanol–water partition coefficient (Wildman–Crippen LogP) is 4.92. The van der Waals surface area contributed by atoms with E-state index in [1.165, 1.54) is 16.9 Å². The van der Waals surface area contributed by atoms with Gasteiger partial charge < -0.3 is 14.8 Å². The van der Waals surface area contributed by atoms with Gasteiger partial charge in [0.15, 0.2) is 11.5 Å². The molecule has 1 N–H and O–H groups in total. The largest absolute Gasteiger partial charge is 0.490 e. The van der Waals surface area contributed by atoms with Gasteiger partial charge in [0.2, 0.25) is 0 Å². The quantitative estimate of drug-likeness (QED) is 0.796. The highest BCUT2D eigenvalue weighted by Crippen LogP contribution is 2.34. The van der Waals surface area contributed by atoms with Crippen LogP contribution in [0.25, 0.3) is 0 Å². The van der Waals surface area contributed by atoms with Crippen molar-refractivity contribution >= 4 is 22.9 Å². The first kappa shape index (κ1) is 17.8. The molecule has 1 aliphatic carbocycles. The van der Waals surface area contributed by atoms with Crippen molar-refractivity contribution in [2.75, 3.05) is 18.5 Å². The van der Waals surface area contributed by atoms with E-state index in [1.807, 2.05) is 32.0 Å². The number of amides is 1. The molecule has 0 bridgehead atoms. The first-order valence-electron chi connectivity index (χ1n) is 8.93. The Morgan fingerprint density at radius 2 is 1.96 bits per heavy atom. The second kappa shape index (κ2) is 7.91. The summed E-state index contributed by atoms with van der Waals surface area (Å²) in [4.78, 5) is 14.8. The molecule has 0 aliphatic heterocycles. The molecule has 1 aromatic heterocycles. The van der Waals surface area contributed by atoms with Crippen LogP contribution in [0.4, 0.5) is 5.69 Å². The Balaban J connectivity index is 1.75. The van der Waals surface area contributed by atoms with E-state index in [-0.39, 0.29) is 5.91 Å². The number of aryl methyl sites for hydroxylation is 1. The lowest BCUT2D eigenvalue weighted by atomic mass is 9.90. The van der Waals surface area contributed by atoms with Crippen molar-refractivity contribution in [1.82, 2.24) is 0 Å². The standard InChI is InChI=1S/C20H25NO3S/c1-4-23-16-8-7-15(12-17(16)24-5-2)21-20(22)19-11-14-10-13(3)6-9-18(14)25-19/h7-8,11-13H,4-6,9-10H2,1-3H3,(H,21,22)/t13-/m0/s1. The summed E-state index contributed by atoms with van der Waals surface area (Å²) >= 11 is 1.62. The zero-order valence-corrected chi connectivity index (χ0v) is 15.9.